The lowest BCUT2D eigenvalue weighted by Gasteiger charge is -2.10. The lowest BCUT2D eigenvalue weighted by Crippen LogP contribution is -2.31. The van der Waals surface area contributed by atoms with Gasteiger partial charge in [-0.1, -0.05) is 13.8 Å². The Hall–Kier alpha value is -0.850. The molecule has 0 aliphatic carbocycles. The number of nitrogens with one attached hydrogen (secondary N) is 2. The van der Waals surface area contributed by atoms with Crippen molar-refractivity contribution in [2.75, 3.05) is 18.4 Å². The van der Waals surface area contributed by atoms with Crippen LogP contribution in [0, 0.1) is 15.3 Å². The predicted octanol–water partition coefficient (Wildman–Crippen LogP) is 3.00. The molecule has 1 amide bonds. The monoisotopic (exact) mass is 364 g/mol. The van der Waals surface area contributed by atoms with E-state index in [1.54, 1.807) is 6.07 Å². The first kappa shape index (κ1) is 15.2. The Morgan fingerprint density at radius 2 is 2.17 bits per heavy atom. The van der Waals surface area contributed by atoms with E-state index >= 15 is 0 Å². The minimum absolute atomic E-state index is 0.0456. The fraction of sp³-hybridized carbons (Fsp3) is 0.462. The van der Waals surface area contributed by atoms with Crippen LogP contribution in [0.1, 0.15) is 20.3 Å². The molecule has 0 atom stereocenters. The van der Waals surface area contributed by atoms with Gasteiger partial charge in [-0.3, -0.25) is 4.79 Å². The summed E-state index contributed by atoms with van der Waals surface area (Å²) in [7, 11) is 0. The zero-order chi connectivity index (χ0) is 13.5. The molecule has 0 saturated heterocycles. The summed E-state index contributed by atoms with van der Waals surface area (Å²) in [6.45, 7) is 5.13. The Morgan fingerprint density at radius 1 is 1.44 bits per heavy atom. The van der Waals surface area contributed by atoms with Crippen LogP contribution in [0.25, 0.3) is 0 Å². The average molecular weight is 364 g/mol. The summed E-state index contributed by atoms with van der Waals surface area (Å²) in [5.41, 5.74) is 0.774. The lowest BCUT2D eigenvalue weighted by atomic mass is 10.1. The van der Waals surface area contributed by atoms with Gasteiger partial charge in [-0.25, -0.2) is 4.39 Å². The Labute approximate surface area is 121 Å². The van der Waals surface area contributed by atoms with Crippen molar-refractivity contribution >= 4 is 34.2 Å². The van der Waals surface area contributed by atoms with E-state index in [1.165, 1.54) is 12.1 Å². The zero-order valence-electron chi connectivity index (χ0n) is 10.6. The van der Waals surface area contributed by atoms with Gasteiger partial charge in [0, 0.05) is 15.8 Å². The topological polar surface area (TPSA) is 41.1 Å². The molecule has 0 aliphatic heterocycles. The first-order valence-electron chi connectivity index (χ1n) is 5.94. The van der Waals surface area contributed by atoms with Crippen molar-refractivity contribution in [1.82, 2.24) is 5.32 Å². The first-order chi connectivity index (χ1) is 8.49. The van der Waals surface area contributed by atoms with Crippen molar-refractivity contribution in [3.63, 3.8) is 0 Å². The fourth-order valence-electron chi connectivity index (χ4n) is 1.37. The second kappa shape index (κ2) is 7.56. The average Bonchev–Trinajstić information content (AvgIpc) is 2.27. The number of hydrogen-bond donors (Lipinski definition) is 2. The zero-order valence-corrected chi connectivity index (χ0v) is 12.8. The van der Waals surface area contributed by atoms with E-state index in [9.17, 15) is 9.18 Å². The standard InChI is InChI=1S/C13H18FIN2O/c1-9(2)5-6-16-13(18)8-17-12-4-3-10(14)7-11(12)15/h3-4,7,9,17H,5-6,8H2,1-2H3,(H,16,18). The van der Waals surface area contributed by atoms with Crippen molar-refractivity contribution in [3.05, 3.63) is 27.6 Å². The number of anilines is 1. The third kappa shape index (κ3) is 5.66. The molecule has 0 aromatic heterocycles. The van der Waals surface area contributed by atoms with Crippen molar-refractivity contribution in [1.29, 1.82) is 0 Å². The van der Waals surface area contributed by atoms with E-state index < -0.39 is 0 Å². The first-order valence-corrected chi connectivity index (χ1v) is 7.02. The van der Waals surface area contributed by atoms with Crippen LogP contribution >= 0.6 is 22.6 Å². The van der Waals surface area contributed by atoms with Crippen LogP contribution in [-0.2, 0) is 4.79 Å². The molecule has 1 rings (SSSR count). The quantitative estimate of drug-likeness (QED) is 0.762. The minimum Gasteiger partial charge on any atom is -0.375 e. The number of carbonyl (C=O) groups is 1. The maximum Gasteiger partial charge on any atom is 0.239 e. The summed E-state index contributed by atoms with van der Waals surface area (Å²) in [5.74, 6) is 0.262. The largest absolute Gasteiger partial charge is 0.375 e. The molecule has 5 heteroatoms. The van der Waals surface area contributed by atoms with Gasteiger partial charge in [-0.05, 0) is 53.1 Å². The number of carbonyl (C=O) groups excluding carboxylic acids is 1. The van der Waals surface area contributed by atoms with Gasteiger partial charge < -0.3 is 10.6 Å². The SMILES string of the molecule is CC(C)CCNC(=O)CNc1ccc(F)cc1I. The van der Waals surface area contributed by atoms with E-state index in [2.05, 4.69) is 24.5 Å². The minimum atomic E-state index is -0.272. The fourth-order valence-corrected chi connectivity index (χ4v) is 2.04. The third-order valence-electron chi connectivity index (χ3n) is 2.41. The van der Waals surface area contributed by atoms with Gasteiger partial charge in [0.2, 0.25) is 5.91 Å². The highest BCUT2D eigenvalue weighted by Crippen LogP contribution is 2.18. The molecule has 18 heavy (non-hydrogen) atoms. The molecule has 0 radical (unpaired) electrons. The van der Waals surface area contributed by atoms with Crippen molar-refractivity contribution in [2.24, 2.45) is 5.92 Å². The molecule has 0 bridgehead atoms. The molecule has 1 aromatic carbocycles. The molecule has 0 spiro atoms. The number of amides is 1. The van der Waals surface area contributed by atoms with Crippen LogP contribution in [0.2, 0.25) is 0 Å². The van der Waals surface area contributed by atoms with E-state index in [1.807, 2.05) is 22.6 Å². The highest BCUT2D eigenvalue weighted by molar-refractivity contribution is 14.1. The molecular formula is C13H18FIN2O. The summed E-state index contributed by atoms with van der Waals surface area (Å²) in [4.78, 5) is 11.5. The van der Waals surface area contributed by atoms with Gasteiger partial charge in [0.1, 0.15) is 5.82 Å². The van der Waals surface area contributed by atoms with Crippen molar-refractivity contribution in [2.45, 2.75) is 20.3 Å². The second-order valence-corrected chi connectivity index (χ2v) is 5.67. The number of hydrogen-bond acceptors (Lipinski definition) is 2. The Kier molecular flexibility index (Phi) is 6.38. The van der Waals surface area contributed by atoms with Crippen molar-refractivity contribution < 1.29 is 9.18 Å². The van der Waals surface area contributed by atoms with Crippen molar-refractivity contribution in [3.8, 4) is 0 Å². The van der Waals surface area contributed by atoms with E-state index in [4.69, 9.17) is 0 Å². The van der Waals surface area contributed by atoms with Crippen LogP contribution in [0.4, 0.5) is 10.1 Å². The normalized spacial score (nSPS) is 10.5. The van der Waals surface area contributed by atoms with Crippen LogP contribution < -0.4 is 10.6 Å². The van der Waals surface area contributed by atoms with E-state index in [-0.39, 0.29) is 18.3 Å². The Morgan fingerprint density at radius 3 is 2.78 bits per heavy atom. The lowest BCUT2D eigenvalue weighted by molar-refractivity contribution is -0.119. The summed E-state index contributed by atoms with van der Waals surface area (Å²) in [6.07, 6.45) is 0.972. The molecule has 0 fully saturated rings. The molecule has 3 nitrogen and oxygen atoms in total. The summed E-state index contributed by atoms with van der Waals surface area (Å²) < 4.78 is 13.6. The number of benzene rings is 1. The smallest absolute Gasteiger partial charge is 0.239 e. The third-order valence-corrected chi connectivity index (χ3v) is 3.31. The van der Waals surface area contributed by atoms with Gasteiger partial charge in [-0.2, -0.15) is 0 Å². The molecule has 0 saturated carbocycles. The number of halogens is 2. The Balaban J connectivity index is 2.33. The van der Waals surface area contributed by atoms with Gasteiger partial charge in [0.25, 0.3) is 0 Å². The Bertz CT molecular complexity index is 410. The molecule has 0 heterocycles. The van der Waals surface area contributed by atoms with Gasteiger partial charge in [-0.15, -0.1) is 0 Å². The molecule has 100 valence electrons. The summed E-state index contributed by atoms with van der Waals surface area (Å²) in [6, 6.07) is 4.44. The van der Waals surface area contributed by atoms with Crippen LogP contribution in [-0.4, -0.2) is 19.0 Å². The van der Waals surface area contributed by atoms with E-state index in [0.717, 1.165) is 15.7 Å². The highest BCUT2D eigenvalue weighted by Gasteiger charge is 2.04. The molecular weight excluding hydrogens is 346 g/mol. The molecule has 0 aliphatic rings. The second-order valence-electron chi connectivity index (χ2n) is 4.51. The molecule has 1 aromatic rings. The van der Waals surface area contributed by atoms with Crippen LogP contribution in [0.3, 0.4) is 0 Å². The summed E-state index contributed by atoms with van der Waals surface area (Å²) >= 11 is 2.04. The molecule has 0 unspecified atom stereocenters. The van der Waals surface area contributed by atoms with Crippen LogP contribution in [0.5, 0.6) is 0 Å². The highest BCUT2D eigenvalue weighted by atomic mass is 127. The van der Waals surface area contributed by atoms with Crippen LogP contribution in [0.15, 0.2) is 18.2 Å². The van der Waals surface area contributed by atoms with Gasteiger partial charge in [0.15, 0.2) is 0 Å². The maximum atomic E-state index is 12.9. The van der Waals surface area contributed by atoms with Gasteiger partial charge >= 0.3 is 0 Å². The summed E-state index contributed by atoms with van der Waals surface area (Å²) in [5, 5.41) is 5.83. The van der Waals surface area contributed by atoms with Gasteiger partial charge in [0.05, 0.1) is 6.54 Å². The molecule has 2 N–H and O–H groups in total. The number of rotatable bonds is 6. The predicted molar refractivity (Wildman–Crippen MR) is 80.1 cm³/mol. The maximum absolute atomic E-state index is 12.9. The van der Waals surface area contributed by atoms with E-state index in [0.29, 0.717) is 12.5 Å².